The molecule has 0 aliphatic heterocycles. The summed E-state index contributed by atoms with van der Waals surface area (Å²) in [6.07, 6.45) is 1.25. The largest absolute Gasteiger partial charge is 0.506 e. The van der Waals surface area contributed by atoms with E-state index in [1.807, 2.05) is 13.8 Å². The molecule has 0 saturated carbocycles. The molecule has 0 heterocycles. The molecule has 7 heteroatoms. The number of non-ortho nitro benzene ring substituents is 1. The summed E-state index contributed by atoms with van der Waals surface area (Å²) >= 11 is 0. The van der Waals surface area contributed by atoms with Crippen LogP contribution in [0.1, 0.15) is 30.9 Å². The van der Waals surface area contributed by atoms with E-state index in [0.29, 0.717) is 5.69 Å². The lowest BCUT2D eigenvalue weighted by Crippen LogP contribution is -1.94. The van der Waals surface area contributed by atoms with E-state index >= 15 is 0 Å². The molecular weight excluding hydrogens is 312 g/mol. The predicted octanol–water partition coefficient (Wildman–Crippen LogP) is 3.89. The first kappa shape index (κ1) is 17.3. The third kappa shape index (κ3) is 3.62. The Kier molecular flexibility index (Phi) is 5.03. The van der Waals surface area contributed by atoms with E-state index in [4.69, 9.17) is 4.74 Å². The maximum absolute atomic E-state index is 11.0. The SMILES string of the molecule is COc1cc([N+](=O)[O-])cc(C=Nc2cc(C(C)C)ccc2O)c1O. The maximum Gasteiger partial charge on any atom is 0.274 e. The summed E-state index contributed by atoms with van der Waals surface area (Å²) in [7, 11) is 1.30. The summed E-state index contributed by atoms with van der Waals surface area (Å²) in [5, 5.41) is 30.9. The van der Waals surface area contributed by atoms with Crippen molar-refractivity contribution in [2.24, 2.45) is 4.99 Å². The van der Waals surface area contributed by atoms with Crippen molar-refractivity contribution in [3.05, 3.63) is 51.6 Å². The summed E-state index contributed by atoms with van der Waals surface area (Å²) in [5.41, 5.74) is 1.19. The monoisotopic (exact) mass is 330 g/mol. The molecule has 2 aromatic rings. The molecule has 0 unspecified atom stereocenters. The van der Waals surface area contributed by atoms with Crippen LogP contribution in [0.15, 0.2) is 35.3 Å². The molecule has 0 spiro atoms. The van der Waals surface area contributed by atoms with Gasteiger partial charge in [-0.15, -0.1) is 0 Å². The molecule has 7 nitrogen and oxygen atoms in total. The zero-order valence-corrected chi connectivity index (χ0v) is 13.6. The number of nitro benzene ring substituents is 1. The van der Waals surface area contributed by atoms with Crippen molar-refractivity contribution < 1.29 is 19.9 Å². The second-order valence-corrected chi connectivity index (χ2v) is 5.50. The molecule has 24 heavy (non-hydrogen) atoms. The Balaban J connectivity index is 2.47. The second-order valence-electron chi connectivity index (χ2n) is 5.50. The number of methoxy groups -OCH3 is 1. The maximum atomic E-state index is 11.0. The Morgan fingerprint density at radius 1 is 1.25 bits per heavy atom. The summed E-state index contributed by atoms with van der Waals surface area (Å²) in [4.78, 5) is 14.5. The lowest BCUT2D eigenvalue weighted by atomic mass is 10.0. The van der Waals surface area contributed by atoms with E-state index < -0.39 is 4.92 Å². The topological polar surface area (TPSA) is 105 Å². The van der Waals surface area contributed by atoms with Gasteiger partial charge in [0.1, 0.15) is 11.4 Å². The number of rotatable bonds is 5. The van der Waals surface area contributed by atoms with Crippen LogP contribution in [0.25, 0.3) is 0 Å². The van der Waals surface area contributed by atoms with E-state index in [0.717, 1.165) is 11.6 Å². The van der Waals surface area contributed by atoms with Crippen LogP contribution in [0.4, 0.5) is 11.4 Å². The van der Waals surface area contributed by atoms with Crippen molar-refractivity contribution in [3.63, 3.8) is 0 Å². The summed E-state index contributed by atoms with van der Waals surface area (Å²) < 4.78 is 4.94. The van der Waals surface area contributed by atoms with Gasteiger partial charge in [-0.2, -0.15) is 0 Å². The fourth-order valence-electron chi connectivity index (χ4n) is 2.12. The van der Waals surface area contributed by atoms with Crippen molar-refractivity contribution in [3.8, 4) is 17.2 Å². The third-order valence-electron chi connectivity index (χ3n) is 3.53. The van der Waals surface area contributed by atoms with Crippen LogP contribution in [0, 0.1) is 10.1 Å². The Bertz CT molecular complexity index is 800. The van der Waals surface area contributed by atoms with Crippen molar-refractivity contribution in [1.82, 2.24) is 0 Å². The van der Waals surface area contributed by atoms with Gasteiger partial charge < -0.3 is 14.9 Å². The Labute approximate surface area is 139 Å². The zero-order chi connectivity index (χ0) is 17.9. The van der Waals surface area contributed by atoms with Gasteiger partial charge in [0.25, 0.3) is 5.69 Å². The Hall–Kier alpha value is -3.09. The van der Waals surface area contributed by atoms with Gasteiger partial charge in [0, 0.05) is 17.8 Å². The van der Waals surface area contributed by atoms with Gasteiger partial charge in [-0.05, 0) is 23.6 Å². The van der Waals surface area contributed by atoms with Crippen LogP contribution >= 0.6 is 0 Å². The Morgan fingerprint density at radius 2 is 1.96 bits per heavy atom. The van der Waals surface area contributed by atoms with Gasteiger partial charge in [-0.3, -0.25) is 15.1 Å². The van der Waals surface area contributed by atoms with Crippen LogP contribution < -0.4 is 4.74 Å². The number of benzene rings is 2. The average Bonchev–Trinajstić information content (AvgIpc) is 2.54. The zero-order valence-electron chi connectivity index (χ0n) is 13.6. The van der Waals surface area contributed by atoms with E-state index in [1.54, 1.807) is 12.1 Å². The minimum Gasteiger partial charge on any atom is -0.506 e. The molecule has 2 aromatic carbocycles. The van der Waals surface area contributed by atoms with Gasteiger partial charge in [0.05, 0.1) is 18.1 Å². The molecular formula is C17H18N2O5. The normalized spacial score (nSPS) is 11.2. The molecule has 0 amide bonds. The van der Waals surface area contributed by atoms with E-state index in [-0.39, 0.29) is 34.4 Å². The number of nitro groups is 1. The van der Waals surface area contributed by atoms with Gasteiger partial charge in [-0.25, -0.2) is 0 Å². The molecule has 0 aliphatic carbocycles. The quantitative estimate of drug-likeness (QED) is 0.491. The van der Waals surface area contributed by atoms with E-state index in [9.17, 15) is 20.3 Å². The molecule has 0 bridgehead atoms. The van der Waals surface area contributed by atoms with Crippen LogP contribution in [-0.4, -0.2) is 28.5 Å². The minimum absolute atomic E-state index is 0.0208. The molecule has 0 radical (unpaired) electrons. The molecule has 126 valence electrons. The highest BCUT2D eigenvalue weighted by Gasteiger charge is 2.16. The average molecular weight is 330 g/mol. The lowest BCUT2D eigenvalue weighted by molar-refractivity contribution is -0.385. The number of hydrogen-bond donors (Lipinski definition) is 2. The van der Waals surface area contributed by atoms with Crippen molar-refractivity contribution >= 4 is 17.6 Å². The Morgan fingerprint density at radius 3 is 2.54 bits per heavy atom. The number of nitrogens with zero attached hydrogens (tertiary/aromatic N) is 2. The molecule has 0 fully saturated rings. The van der Waals surface area contributed by atoms with Crippen molar-refractivity contribution in [2.45, 2.75) is 19.8 Å². The summed E-state index contributed by atoms with van der Waals surface area (Å²) in [5.74, 6) is -0.0458. The van der Waals surface area contributed by atoms with Gasteiger partial charge in [0.2, 0.25) is 0 Å². The lowest BCUT2D eigenvalue weighted by Gasteiger charge is -2.08. The molecule has 0 atom stereocenters. The molecule has 0 aromatic heterocycles. The van der Waals surface area contributed by atoms with Crippen LogP contribution in [0.3, 0.4) is 0 Å². The fraction of sp³-hybridized carbons (Fsp3) is 0.235. The van der Waals surface area contributed by atoms with E-state index in [1.165, 1.54) is 25.5 Å². The number of phenolic OH excluding ortho intramolecular Hbond substituents is 2. The molecule has 2 N–H and O–H groups in total. The number of phenols is 2. The molecule has 0 aliphatic rings. The first-order valence-corrected chi connectivity index (χ1v) is 7.25. The van der Waals surface area contributed by atoms with Gasteiger partial charge in [0.15, 0.2) is 11.5 Å². The highest BCUT2D eigenvalue weighted by Crippen LogP contribution is 2.35. The third-order valence-corrected chi connectivity index (χ3v) is 3.53. The standard InChI is InChI=1S/C17H18N2O5/c1-10(2)11-4-5-15(20)14(7-11)18-9-12-6-13(19(22)23)8-16(24-3)17(12)21/h4-10,20-21H,1-3H3. The smallest absolute Gasteiger partial charge is 0.274 e. The van der Waals surface area contributed by atoms with Crippen LogP contribution in [0.2, 0.25) is 0 Å². The highest BCUT2D eigenvalue weighted by molar-refractivity contribution is 5.88. The molecule has 0 saturated heterocycles. The molecule has 2 rings (SSSR count). The summed E-state index contributed by atoms with van der Waals surface area (Å²) in [6.45, 7) is 4.02. The van der Waals surface area contributed by atoms with E-state index in [2.05, 4.69) is 4.99 Å². The number of aromatic hydroxyl groups is 2. The van der Waals surface area contributed by atoms with Crippen molar-refractivity contribution in [2.75, 3.05) is 7.11 Å². The first-order chi connectivity index (χ1) is 11.3. The van der Waals surface area contributed by atoms with Gasteiger partial charge in [-0.1, -0.05) is 19.9 Å². The van der Waals surface area contributed by atoms with Crippen LogP contribution in [0.5, 0.6) is 17.2 Å². The van der Waals surface area contributed by atoms with Gasteiger partial charge >= 0.3 is 0 Å². The minimum atomic E-state index is -0.587. The van der Waals surface area contributed by atoms with Crippen molar-refractivity contribution in [1.29, 1.82) is 0 Å². The number of aliphatic imine (C=N–C) groups is 1. The summed E-state index contributed by atoms with van der Waals surface area (Å²) in [6, 6.07) is 7.37. The number of ether oxygens (including phenoxy) is 1. The first-order valence-electron chi connectivity index (χ1n) is 7.25. The fourth-order valence-corrected chi connectivity index (χ4v) is 2.12. The second kappa shape index (κ2) is 6.99. The highest BCUT2D eigenvalue weighted by atomic mass is 16.6. The van der Waals surface area contributed by atoms with Crippen LogP contribution in [-0.2, 0) is 0 Å². The predicted molar refractivity (Wildman–Crippen MR) is 90.8 cm³/mol. The number of hydrogen-bond acceptors (Lipinski definition) is 6.